The van der Waals surface area contributed by atoms with Gasteiger partial charge in [-0.05, 0) is 32.0 Å². The molecule has 0 fully saturated rings. The minimum atomic E-state index is 0.470. The Bertz CT molecular complexity index is 270. The lowest BCUT2D eigenvalue weighted by molar-refractivity contribution is 0.0880. The van der Waals surface area contributed by atoms with E-state index >= 15 is 0 Å². The maximum absolute atomic E-state index is 5.35. The van der Waals surface area contributed by atoms with Gasteiger partial charge in [0.1, 0.15) is 6.73 Å². The summed E-state index contributed by atoms with van der Waals surface area (Å²) in [6.07, 6.45) is 6.61. The van der Waals surface area contributed by atoms with Gasteiger partial charge in [0.05, 0.1) is 0 Å². The van der Waals surface area contributed by atoms with Crippen LogP contribution in [0.15, 0.2) is 18.5 Å². The molecule has 86 valence electrons. The lowest BCUT2D eigenvalue weighted by Crippen LogP contribution is -2.15. The van der Waals surface area contributed by atoms with Crippen molar-refractivity contribution in [1.29, 1.82) is 0 Å². The SMILES string of the molecule is CCCC(NC)c1ccn(COCC)c1. The number of ether oxygens (including phenoxy) is 1. The first kappa shape index (κ1) is 12.3. The predicted molar refractivity (Wildman–Crippen MR) is 62.8 cm³/mol. The summed E-state index contributed by atoms with van der Waals surface area (Å²) in [6, 6.07) is 2.63. The Hall–Kier alpha value is -0.800. The van der Waals surface area contributed by atoms with E-state index < -0.39 is 0 Å². The van der Waals surface area contributed by atoms with Crippen molar-refractivity contribution >= 4 is 0 Å². The highest BCUT2D eigenvalue weighted by atomic mass is 16.5. The second kappa shape index (κ2) is 6.64. The summed E-state index contributed by atoms with van der Waals surface area (Å²) in [4.78, 5) is 0. The molecule has 0 aliphatic carbocycles. The molecule has 3 heteroatoms. The maximum atomic E-state index is 5.35. The molecule has 0 radical (unpaired) electrons. The second-order valence-electron chi connectivity index (χ2n) is 3.71. The largest absolute Gasteiger partial charge is 0.361 e. The van der Waals surface area contributed by atoms with Crippen LogP contribution in [0.25, 0.3) is 0 Å². The first-order chi connectivity index (χ1) is 7.31. The van der Waals surface area contributed by atoms with Crippen molar-refractivity contribution in [1.82, 2.24) is 9.88 Å². The van der Waals surface area contributed by atoms with Crippen LogP contribution in [0.1, 0.15) is 38.3 Å². The van der Waals surface area contributed by atoms with Crippen LogP contribution >= 0.6 is 0 Å². The van der Waals surface area contributed by atoms with Gasteiger partial charge in [0.15, 0.2) is 0 Å². The topological polar surface area (TPSA) is 26.2 Å². The van der Waals surface area contributed by atoms with Gasteiger partial charge in [-0.15, -0.1) is 0 Å². The fourth-order valence-electron chi connectivity index (χ4n) is 1.71. The minimum Gasteiger partial charge on any atom is -0.361 e. The zero-order valence-electron chi connectivity index (χ0n) is 9.99. The molecule has 15 heavy (non-hydrogen) atoms. The Balaban J connectivity index is 2.56. The van der Waals surface area contributed by atoms with Crippen molar-refractivity contribution in [2.24, 2.45) is 0 Å². The molecular formula is C12H22N2O. The van der Waals surface area contributed by atoms with Crippen LogP contribution in [0.2, 0.25) is 0 Å². The molecule has 3 nitrogen and oxygen atoms in total. The van der Waals surface area contributed by atoms with E-state index in [-0.39, 0.29) is 0 Å². The molecule has 1 aromatic rings. The summed E-state index contributed by atoms with van der Waals surface area (Å²) in [7, 11) is 2.01. The molecule has 0 aromatic carbocycles. The average molecular weight is 210 g/mol. The van der Waals surface area contributed by atoms with Gasteiger partial charge < -0.3 is 14.6 Å². The van der Waals surface area contributed by atoms with E-state index in [0.717, 1.165) is 6.61 Å². The Kier molecular flexibility index (Phi) is 5.43. The van der Waals surface area contributed by atoms with Crippen molar-refractivity contribution in [3.8, 4) is 0 Å². The molecule has 1 unspecified atom stereocenters. The fraction of sp³-hybridized carbons (Fsp3) is 0.667. The number of nitrogens with zero attached hydrogens (tertiary/aromatic N) is 1. The summed E-state index contributed by atoms with van der Waals surface area (Å²) in [5, 5.41) is 3.33. The summed E-state index contributed by atoms with van der Waals surface area (Å²) < 4.78 is 7.43. The molecule has 0 bridgehead atoms. The van der Waals surface area contributed by atoms with Crippen LogP contribution < -0.4 is 5.32 Å². The molecule has 0 amide bonds. The number of hydrogen-bond donors (Lipinski definition) is 1. The first-order valence-electron chi connectivity index (χ1n) is 5.72. The Morgan fingerprint density at radius 3 is 2.87 bits per heavy atom. The van der Waals surface area contributed by atoms with Crippen LogP contribution in [0, 0.1) is 0 Å². The van der Waals surface area contributed by atoms with E-state index in [4.69, 9.17) is 4.74 Å². The summed E-state index contributed by atoms with van der Waals surface area (Å²) in [5.74, 6) is 0. The molecule has 0 aliphatic heterocycles. The molecule has 0 saturated heterocycles. The normalized spacial score (nSPS) is 13.0. The van der Waals surface area contributed by atoms with Crippen LogP contribution in [-0.4, -0.2) is 18.2 Å². The number of rotatable bonds is 7. The summed E-state index contributed by atoms with van der Waals surface area (Å²) >= 11 is 0. The van der Waals surface area contributed by atoms with E-state index in [1.54, 1.807) is 0 Å². The third kappa shape index (κ3) is 3.68. The van der Waals surface area contributed by atoms with Crippen LogP contribution in [0.4, 0.5) is 0 Å². The van der Waals surface area contributed by atoms with Crippen molar-refractivity contribution in [2.45, 2.75) is 39.5 Å². The van der Waals surface area contributed by atoms with E-state index in [0.29, 0.717) is 12.8 Å². The highest BCUT2D eigenvalue weighted by molar-refractivity contribution is 5.15. The zero-order chi connectivity index (χ0) is 11.1. The molecule has 0 aliphatic rings. The fourth-order valence-corrected chi connectivity index (χ4v) is 1.71. The minimum absolute atomic E-state index is 0.470. The molecule has 0 spiro atoms. The van der Waals surface area contributed by atoms with Crippen molar-refractivity contribution in [3.63, 3.8) is 0 Å². The number of aromatic nitrogens is 1. The average Bonchev–Trinajstić information content (AvgIpc) is 2.71. The van der Waals surface area contributed by atoms with Crippen LogP contribution in [0.5, 0.6) is 0 Å². The molecule has 1 atom stereocenters. The van der Waals surface area contributed by atoms with Crippen molar-refractivity contribution < 1.29 is 4.74 Å². The van der Waals surface area contributed by atoms with E-state index in [1.165, 1.54) is 18.4 Å². The number of hydrogen-bond acceptors (Lipinski definition) is 2. The maximum Gasteiger partial charge on any atom is 0.122 e. The quantitative estimate of drug-likeness (QED) is 0.748. The first-order valence-corrected chi connectivity index (χ1v) is 5.72. The van der Waals surface area contributed by atoms with Crippen LogP contribution in [0.3, 0.4) is 0 Å². The molecule has 1 rings (SSSR count). The summed E-state index contributed by atoms with van der Waals surface area (Å²) in [6.45, 7) is 5.64. The lowest BCUT2D eigenvalue weighted by atomic mass is 10.1. The van der Waals surface area contributed by atoms with Gasteiger partial charge in [-0.1, -0.05) is 13.3 Å². The standard InChI is InChI=1S/C12H22N2O/c1-4-6-12(13-3)11-7-8-14(9-11)10-15-5-2/h7-9,12-13H,4-6,10H2,1-3H3. The molecular weight excluding hydrogens is 188 g/mol. The van der Waals surface area contributed by atoms with Gasteiger partial charge in [0, 0.05) is 25.0 Å². The third-order valence-electron chi connectivity index (χ3n) is 2.55. The zero-order valence-corrected chi connectivity index (χ0v) is 9.99. The van der Waals surface area contributed by atoms with Crippen molar-refractivity contribution in [2.75, 3.05) is 13.7 Å². The highest BCUT2D eigenvalue weighted by Gasteiger charge is 2.08. The monoisotopic (exact) mass is 210 g/mol. The third-order valence-corrected chi connectivity index (χ3v) is 2.55. The molecule has 0 saturated carbocycles. The predicted octanol–water partition coefficient (Wildman–Crippen LogP) is 2.54. The lowest BCUT2D eigenvalue weighted by Gasteiger charge is -2.13. The second-order valence-corrected chi connectivity index (χ2v) is 3.71. The van der Waals surface area contributed by atoms with E-state index in [2.05, 4.69) is 35.3 Å². The van der Waals surface area contributed by atoms with E-state index in [9.17, 15) is 0 Å². The van der Waals surface area contributed by atoms with Crippen molar-refractivity contribution in [3.05, 3.63) is 24.0 Å². The summed E-state index contributed by atoms with van der Waals surface area (Å²) in [5.41, 5.74) is 1.35. The van der Waals surface area contributed by atoms with Gasteiger partial charge >= 0.3 is 0 Å². The smallest absolute Gasteiger partial charge is 0.122 e. The molecule has 1 heterocycles. The van der Waals surface area contributed by atoms with Gasteiger partial charge in [0.2, 0.25) is 0 Å². The highest BCUT2D eigenvalue weighted by Crippen LogP contribution is 2.18. The van der Waals surface area contributed by atoms with Gasteiger partial charge in [-0.3, -0.25) is 0 Å². The van der Waals surface area contributed by atoms with Gasteiger partial charge in [-0.25, -0.2) is 0 Å². The molecule has 1 aromatic heterocycles. The van der Waals surface area contributed by atoms with Gasteiger partial charge in [0.25, 0.3) is 0 Å². The number of nitrogens with one attached hydrogen (secondary N) is 1. The Morgan fingerprint density at radius 1 is 1.47 bits per heavy atom. The Labute approximate surface area is 92.4 Å². The van der Waals surface area contributed by atoms with Gasteiger partial charge in [-0.2, -0.15) is 0 Å². The molecule has 1 N–H and O–H groups in total. The Morgan fingerprint density at radius 2 is 2.27 bits per heavy atom. The van der Waals surface area contributed by atoms with E-state index in [1.807, 2.05) is 14.0 Å². The van der Waals surface area contributed by atoms with Crippen LogP contribution in [-0.2, 0) is 11.5 Å².